The van der Waals surface area contributed by atoms with Gasteiger partial charge in [0.15, 0.2) is 5.43 Å². The first-order valence-corrected chi connectivity index (χ1v) is 6.34. The quantitative estimate of drug-likeness (QED) is 0.791. The number of H-pyrrole nitrogens is 1. The molecular weight excluding hydrogens is 254 g/mol. The molecule has 0 radical (unpaired) electrons. The Morgan fingerprint density at radius 1 is 1.30 bits per heavy atom. The summed E-state index contributed by atoms with van der Waals surface area (Å²) in [6.45, 7) is 2.49. The van der Waals surface area contributed by atoms with Crippen molar-refractivity contribution in [2.75, 3.05) is 12.4 Å². The summed E-state index contributed by atoms with van der Waals surface area (Å²) in [5.74, 6) is -0.409. The number of benzene rings is 1. The molecule has 5 heteroatoms. The number of aromatic nitrogens is 1. The smallest absolute Gasteiger partial charge is 0.261 e. The molecule has 0 atom stereocenters. The molecule has 1 aromatic heterocycles. The number of amides is 1. The average molecular weight is 271 g/mol. The lowest BCUT2D eigenvalue weighted by Crippen LogP contribution is -2.21. The topological polar surface area (TPSA) is 74.0 Å². The summed E-state index contributed by atoms with van der Waals surface area (Å²) in [5.41, 5.74) is 2.27. The second kappa shape index (κ2) is 6.16. The molecule has 3 N–H and O–H groups in total. The summed E-state index contributed by atoms with van der Waals surface area (Å²) in [7, 11) is 1.86. The van der Waals surface area contributed by atoms with Crippen LogP contribution in [0.25, 0.3) is 0 Å². The van der Waals surface area contributed by atoms with Crippen LogP contribution in [-0.2, 0) is 6.54 Å². The highest BCUT2D eigenvalue weighted by Crippen LogP contribution is 2.11. The van der Waals surface area contributed by atoms with Gasteiger partial charge in [0.1, 0.15) is 5.56 Å². The Morgan fingerprint density at radius 3 is 2.80 bits per heavy atom. The number of carbonyl (C=O) groups excluding carboxylic acids is 1. The Kier molecular flexibility index (Phi) is 4.32. The molecule has 0 aliphatic heterocycles. The van der Waals surface area contributed by atoms with Crippen LogP contribution in [0.2, 0.25) is 0 Å². The predicted molar refractivity (Wildman–Crippen MR) is 79.0 cm³/mol. The van der Waals surface area contributed by atoms with Crippen molar-refractivity contribution in [3.05, 3.63) is 63.6 Å². The maximum Gasteiger partial charge on any atom is 0.261 e. The van der Waals surface area contributed by atoms with E-state index in [1.807, 2.05) is 25.2 Å². The van der Waals surface area contributed by atoms with Crippen molar-refractivity contribution in [2.45, 2.75) is 13.5 Å². The summed E-state index contributed by atoms with van der Waals surface area (Å²) in [5, 5.41) is 5.77. The van der Waals surface area contributed by atoms with E-state index in [1.54, 1.807) is 13.0 Å². The number of rotatable bonds is 4. The zero-order valence-electron chi connectivity index (χ0n) is 11.5. The third-order valence-electron chi connectivity index (χ3n) is 2.87. The van der Waals surface area contributed by atoms with Crippen LogP contribution >= 0.6 is 0 Å². The Bertz CT molecular complexity index is 677. The number of hydrogen-bond donors (Lipinski definition) is 3. The maximum absolute atomic E-state index is 12.1. The van der Waals surface area contributed by atoms with Gasteiger partial charge in [-0.2, -0.15) is 0 Å². The van der Waals surface area contributed by atoms with Gasteiger partial charge in [0, 0.05) is 30.2 Å². The van der Waals surface area contributed by atoms with Crippen LogP contribution in [0, 0.1) is 6.92 Å². The van der Waals surface area contributed by atoms with E-state index >= 15 is 0 Å². The minimum Gasteiger partial charge on any atom is -0.364 e. The van der Waals surface area contributed by atoms with Gasteiger partial charge in [-0.1, -0.05) is 12.1 Å². The zero-order chi connectivity index (χ0) is 14.5. The first kappa shape index (κ1) is 14.0. The van der Waals surface area contributed by atoms with Gasteiger partial charge >= 0.3 is 0 Å². The molecule has 0 spiro atoms. The largest absolute Gasteiger partial charge is 0.364 e. The van der Waals surface area contributed by atoms with Crippen molar-refractivity contribution >= 4 is 11.6 Å². The van der Waals surface area contributed by atoms with Crippen molar-refractivity contribution in [1.29, 1.82) is 0 Å². The van der Waals surface area contributed by atoms with Crippen molar-refractivity contribution in [2.24, 2.45) is 0 Å². The minimum absolute atomic E-state index is 0.106. The number of hydrogen-bond acceptors (Lipinski definition) is 3. The second-order valence-corrected chi connectivity index (χ2v) is 4.58. The highest BCUT2D eigenvalue weighted by atomic mass is 16.2. The fraction of sp³-hybridized carbons (Fsp3) is 0.200. The van der Waals surface area contributed by atoms with E-state index in [-0.39, 0.29) is 11.0 Å². The third kappa shape index (κ3) is 3.33. The van der Waals surface area contributed by atoms with Crippen molar-refractivity contribution in [1.82, 2.24) is 10.3 Å². The molecule has 2 rings (SSSR count). The van der Waals surface area contributed by atoms with Crippen LogP contribution in [0.4, 0.5) is 5.69 Å². The number of anilines is 1. The summed E-state index contributed by atoms with van der Waals surface area (Å²) in [6, 6.07) is 8.90. The molecule has 1 amide bonds. The average Bonchev–Trinajstić information content (AvgIpc) is 2.39. The first-order valence-electron chi connectivity index (χ1n) is 6.34. The van der Waals surface area contributed by atoms with Gasteiger partial charge in [-0.25, -0.2) is 0 Å². The summed E-state index contributed by atoms with van der Waals surface area (Å²) in [6.07, 6.45) is 1.43. The number of aryl methyl sites for hydroxylation is 1. The molecule has 0 unspecified atom stereocenters. The van der Waals surface area contributed by atoms with Gasteiger partial charge in [-0.3, -0.25) is 9.59 Å². The van der Waals surface area contributed by atoms with Crippen LogP contribution in [-0.4, -0.2) is 17.9 Å². The summed E-state index contributed by atoms with van der Waals surface area (Å²) >= 11 is 0. The molecule has 20 heavy (non-hydrogen) atoms. The van der Waals surface area contributed by atoms with Gasteiger partial charge in [-0.05, 0) is 31.7 Å². The molecule has 2 aromatic rings. The molecule has 0 fully saturated rings. The third-order valence-corrected chi connectivity index (χ3v) is 2.87. The summed E-state index contributed by atoms with van der Waals surface area (Å²) < 4.78 is 0. The van der Waals surface area contributed by atoms with E-state index in [0.717, 1.165) is 17.8 Å². The molecule has 0 bridgehead atoms. The van der Waals surface area contributed by atoms with E-state index < -0.39 is 5.91 Å². The van der Waals surface area contributed by atoms with E-state index in [1.165, 1.54) is 12.3 Å². The Balaban J connectivity index is 2.19. The Morgan fingerprint density at radius 2 is 2.10 bits per heavy atom. The highest BCUT2D eigenvalue weighted by Gasteiger charge is 2.10. The van der Waals surface area contributed by atoms with Crippen molar-refractivity contribution < 1.29 is 4.79 Å². The Hall–Kier alpha value is -2.40. The molecule has 104 valence electrons. The molecular formula is C15H17N3O2. The van der Waals surface area contributed by atoms with Crippen LogP contribution < -0.4 is 16.1 Å². The van der Waals surface area contributed by atoms with Crippen molar-refractivity contribution in [3.63, 3.8) is 0 Å². The van der Waals surface area contributed by atoms with Crippen molar-refractivity contribution in [3.8, 4) is 0 Å². The molecule has 0 aliphatic carbocycles. The highest BCUT2D eigenvalue weighted by molar-refractivity contribution is 6.04. The van der Waals surface area contributed by atoms with Gasteiger partial charge < -0.3 is 15.6 Å². The van der Waals surface area contributed by atoms with E-state index in [0.29, 0.717) is 5.69 Å². The molecule has 0 aliphatic rings. The van der Waals surface area contributed by atoms with Gasteiger partial charge in [0.2, 0.25) is 0 Å². The van der Waals surface area contributed by atoms with E-state index in [2.05, 4.69) is 15.6 Å². The lowest BCUT2D eigenvalue weighted by atomic mass is 10.2. The fourth-order valence-electron chi connectivity index (χ4n) is 1.91. The van der Waals surface area contributed by atoms with Gasteiger partial charge in [0.25, 0.3) is 5.91 Å². The zero-order valence-corrected chi connectivity index (χ0v) is 11.5. The SMILES string of the molecule is CNCc1cccc(NC(=O)c2c[nH]c(C)cc2=O)c1. The number of pyridine rings is 1. The maximum atomic E-state index is 12.1. The standard InChI is InChI=1S/C15H17N3O2/c1-10-6-14(19)13(9-17-10)15(20)18-12-5-3-4-11(7-12)8-16-2/h3-7,9,16H,8H2,1-2H3,(H,17,19)(H,18,20). The van der Waals surface area contributed by atoms with Crippen LogP contribution in [0.5, 0.6) is 0 Å². The van der Waals surface area contributed by atoms with E-state index in [9.17, 15) is 9.59 Å². The van der Waals surface area contributed by atoms with E-state index in [4.69, 9.17) is 0 Å². The first-order chi connectivity index (χ1) is 9.60. The summed E-state index contributed by atoms with van der Waals surface area (Å²) in [4.78, 5) is 26.7. The fourth-order valence-corrected chi connectivity index (χ4v) is 1.91. The Labute approximate surface area is 117 Å². The molecule has 5 nitrogen and oxygen atoms in total. The van der Waals surface area contributed by atoms with Gasteiger partial charge in [0.05, 0.1) is 0 Å². The monoisotopic (exact) mass is 271 g/mol. The van der Waals surface area contributed by atoms with Crippen LogP contribution in [0.3, 0.4) is 0 Å². The number of carbonyl (C=O) groups is 1. The van der Waals surface area contributed by atoms with Crippen LogP contribution in [0.15, 0.2) is 41.3 Å². The lowest BCUT2D eigenvalue weighted by molar-refractivity contribution is 0.102. The molecule has 0 saturated heterocycles. The number of nitrogens with one attached hydrogen (secondary N) is 3. The number of aromatic amines is 1. The minimum atomic E-state index is -0.409. The molecule has 1 heterocycles. The van der Waals surface area contributed by atoms with Gasteiger partial charge in [-0.15, -0.1) is 0 Å². The molecule has 0 saturated carbocycles. The predicted octanol–water partition coefficient (Wildman–Crippen LogP) is 1.66. The van der Waals surface area contributed by atoms with Crippen LogP contribution in [0.1, 0.15) is 21.6 Å². The molecule has 1 aromatic carbocycles. The lowest BCUT2D eigenvalue weighted by Gasteiger charge is -2.07. The normalized spacial score (nSPS) is 10.3. The second-order valence-electron chi connectivity index (χ2n) is 4.58.